The van der Waals surface area contributed by atoms with Gasteiger partial charge in [0.1, 0.15) is 0 Å². The highest BCUT2D eigenvalue weighted by atomic mass is 16.5. The summed E-state index contributed by atoms with van der Waals surface area (Å²) >= 11 is 0. The molecule has 1 aliphatic heterocycles. The van der Waals surface area contributed by atoms with Gasteiger partial charge in [0, 0.05) is 0 Å². The van der Waals surface area contributed by atoms with Gasteiger partial charge in [-0.15, -0.1) is 0 Å². The Morgan fingerprint density at radius 1 is 0.864 bits per heavy atom. The van der Waals surface area contributed by atoms with Crippen LogP contribution in [0.15, 0.2) is 22.1 Å². The van der Waals surface area contributed by atoms with Crippen LogP contribution in [-0.4, -0.2) is 55.9 Å². The van der Waals surface area contributed by atoms with E-state index in [1.807, 2.05) is 13.8 Å². The van der Waals surface area contributed by atoms with Crippen LogP contribution in [0.4, 0.5) is 0 Å². The van der Waals surface area contributed by atoms with Gasteiger partial charge in [0.2, 0.25) is 0 Å². The van der Waals surface area contributed by atoms with Gasteiger partial charge in [-0.2, -0.15) is 0 Å². The van der Waals surface area contributed by atoms with E-state index in [0.29, 0.717) is 39.5 Å². The maximum absolute atomic E-state index is 5.49. The van der Waals surface area contributed by atoms with Gasteiger partial charge in [0.25, 0.3) is 0 Å². The first kappa shape index (κ1) is 16.8. The summed E-state index contributed by atoms with van der Waals surface area (Å²) < 4.78 is 11.0. The van der Waals surface area contributed by atoms with Crippen LogP contribution >= 0.6 is 0 Å². The zero-order valence-corrected chi connectivity index (χ0v) is 13.8. The van der Waals surface area contributed by atoms with Gasteiger partial charge in [0.05, 0.1) is 62.3 Å². The maximum atomic E-state index is 5.49. The summed E-state index contributed by atoms with van der Waals surface area (Å²) in [6.07, 6.45) is 0.968. The number of hydrogen-bond donors (Lipinski definition) is 0. The monoisotopic (exact) mass is 303 g/mol. The lowest BCUT2D eigenvalue weighted by atomic mass is 10.1. The minimum Gasteiger partial charge on any atom is -0.377 e. The van der Waals surface area contributed by atoms with Crippen LogP contribution in [-0.2, 0) is 15.9 Å². The van der Waals surface area contributed by atoms with E-state index < -0.39 is 0 Å². The Bertz CT molecular complexity index is 509. The summed E-state index contributed by atoms with van der Waals surface area (Å²) in [5, 5.41) is 0. The fraction of sp³-hybridized carbons (Fsp3) is 0.588. The van der Waals surface area contributed by atoms with Crippen LogP contribution in [0.3, 0.4) is 0 Å². The molecule has 0 atom stereocenters. The van der Waals surface area contributed by atoms with Gasteiger partial charge in [0.15, 0.2) is 0 Å². The van der Waals surface area contributed by atoms with Gasteiger partial charge in [-0.1, -0.05) is 6.92 Å². The van der Waals surface area contributed by atoms with Crippen molar-refractivity contribution in [2.45, 2.75) is 27.2 Å². The highest BCUT2D eigenvalue weighted by molar-refractivity contribution is 6.01. The van der Waals surface area contributed by atoms with E-state index in [0.717, 1.165) is 29.2 Å². The summed E-state index contributed by atoms with van der Waals surface area (Å²) in [4.78, 5) is 13.8. The van der Waals surface area contributed by atoms with Crippen molar-refractivity contribution >= 4 is 11.4 Å². The van der Waals surface area contributed by atoms with Crippen molar-refractivity contribution in [1.82, 2.24) is 4.98 Å². The molecule has 0 saturated heterocycles. The predicted octanol–water partition coefficient (Wildman–Crippen LogP) is 2.31. The molecular weight excluding hydrogens is 278 g/mol. The number of aromatic nitrogens is 1. The second kappa shape index (κ2) is 8.76. The van der Waals surface area contributed by atoms with Crippen LogP contribution in [0.2, 0.25) is 0 Å². The zero-order valence-electron chi connectivity index (χ0n) is 13.8. The van der Waals surface area contributed by atoms with Gasteiger partial charge in [-0.25, -0.2) is 4.98 Å². The fourth-order valence-corrected chi connectivity index (χ4v) is 2.20. The number of hydrogen-bond acceptors (Lipinski definition) is 5. The normalized spacial score (nSPS) is 18.0. The topological polar surface area (TPSA) is 56.1 Å². The number of nitrogens with zero attached hydrogens (tertiary/aromatic N) is 3. The highest BCUT2D eigenvalue weighted by Crippen LogP contribution is 2.10. The molecule has 1 aliphatic rings. The Hall–Kier alpha value is -1.59. The van der Waals surface area contributed by atoms with E-state index in [9.17, 15) is 0 Å². The summed E-state index contributed by atoms with van der Waals surface area (Å²) in [6.45, 7) is 9.85. The molecule has 22 heavy (non-hydrogen) atoms. The third-order valence-corrected chi connectivity index (χ3v) is 3.58. The first-order valence-corrected chi connectivity index (χ1v) is 7.90. The van der Waals surface area contributed by atoms with E-state index >= 15 is 0 Å². The van der Waals surface area contributed by atoms with E-state index in [1.165, 1.54) is 5.56 Å². The molecule has 0 fully saturated rings. The van der Waals surface area contributed by atoms with E-state index in [-0.39, 0.29) is 0 Å². The molecule has 0 N–H and O–H groups in total. The van der Waals surface area contributed by atoms with Gasteiger partial charge < -0.3 is 9.47 Å². The molecule has 5 heteroatoms. The second-order valence-electron chi connectivity index (χ2n) is 5.26. The summed E-state index contributed by atoms with van der Waals surface area (Å²) in [5.74, 6) is 0. The molecule has 2 rings (SSSR count). The minimum absolute atomic E-state index is 0.600. The summed E-state index contributed by atoms with van der Waals surface area (Å²) in [6, 6.07) is 4.22. The van der Waals surface area contributed by atoms with Crippen molar-refractivity contribution in [2.75, 3.05) is 39.5 Å². The first-order valence-electron chi connectivity index (χ1n) is 7.90. The number of aliphatic imine (C=N–C) groups is 2. The molecule has 120 valence electrons. The standard InChI is InChI=1S/C17H25N3O2/c1-4-15-11-16-13(2)18-5-7-21-9-10-22-8-6-19-14(3)17(12-15)20-16/h11-12H,4-10H2,1-3H3. The van der Waals surface area contributed by atoms with Gasteiger partial charge in [-0.3, -0.25) is 9.98 Å². The lowest BCUT2D eigenvalue weighted by Crippen LogP contribution is -2.09. The van der Waals surface area contributed by atoms with Gasteiger partial charge in [-0.05, 0) is 38.0 Å². The molecule has 2 heterocycles. The summed E-state index contributed by atoms with van der Waals surface area (Å²) in [5.41, 5.74) is 4.99. The molecule has 0 aromatic carbocycles. The zero-order chi connectivity index (χ0) is 15.8. The average molecular weight is 303 g/mol. The Morgan fingerprint density at radius 2 is 1.36 bits per heavy atom. The van der Waals surface area contributed by atoms with Crippen molar-refractivity contribution in [3.8, 4) is 0 Å². The smallest absolute Gasteiger partial charge is 0.0847 e. The summed E-state index contributed by atoms with van der Waals surface area (Å²) in [7, 11) is 0. The number of aryl methyl sites for hydroxylation is 1. The third kappa shape index (κ3) is 5.00. The molecule has 2 bridgehead atoms. The van der Waals surface area contributed by atoms with E-state index in [2.05, 4.69) is 29.0 Å². The number of fused-ring (bicyclic) bond motifs is 2. The predicted molar refractivity (Wildman–Crippen MR) is 89.4 cm³/mol. The Balaban J connectivity index is 2.32. The molecule has 0 amide bonds. The molecule has 0 aliphatic carbocycles. The number of ether oxygens (including phenoxy) is 2. The molecule has 5 nitrogen and oxygen atoms in total. The molecule has 0 saturated carbocycles. The lowest BCUT2D eigenvalue weighted by molar-refractivity contribution is 0.0541. The molecule has 1 aromatic rings. The largest absolute Gasteiger partial charge is 0.377 e. The van der Waals surface area contributed by atoms with Crippen molar-refractivity contribution in [3.05, 3.63) is 29.1 Å². The fourth-order valence-electron chi connectivity index (χ4n) is 2.20. The van der Waals surface area contributed by atoms with Crippen LogP contribution in [0.25, 0.3) is 0 Å². The second-order valence-corrected chi connectivity index (χ2v) is 5.26. The first-order chi connectivity index (χ1) is 10.7. The Kier molecular flexibility index (Phi) is 6.68. The molecule has 0 radical (unpaired) electrons. The quantitative estimate of drug-likeness (QED) is 0.800. The van der Waals surface area contributed by atoms with E-state index in [4.69, 9.17) is 14.5 Å². The maximum Gasteiger partial charge on any atom is 0.0847 e. The molecule has 0 spiro atoms. The highest BCUT2D eigenvalue weighted by Gasteiger charge is 2.07. The van der Waals surface area contributed by atoms with Crippen molar-refractivity contribution in [2.24, 2.45) is 9.98 Å². The number of rotatable bonds is 1. The van der Waals surface area contributed by atoms with Crippen LogP contribution in [0, 0.1) is 0 Å². The van der Waals surface area contributed by atoms with Crippen LogP contribution in [0.5, 0.6) is 0 Å². The van der Waals surface area contributed by atoms with Crippen LogP contribution < -0.4 is 0 Å². The molecule has 0 unspecified atom stereocenters. The minimum atomic E-state index is 0.600. The average Bonchev–Trinajstić information content (AvgIpc) is 2.55. The molecular formula is C17H25N3O2. The van der Waals surface area contributed by atoms with Crippen molar-refractivity contribution in [3.63, 3.8) is 0 Å². The number of pyridine rings is 1. The van der Waals surface area contributed by atoms with Crippen LogP contribution in [0.1, 0.15) is 37.7 Å². The third-order valence-electron chi connectivity index (χ3n) is 3.58. The van der Waals surface area contributed by atoms with Crippen molar-refractivity contribution in [1.29, 1.82) is 0 Å². The van der Waals surface area contributed by atoms with Crippen molar-refractivity contribution < 1.29 is 9.47 Å². The SMILES string of the molecule is CCc1cc2nc(c1)C(C)=NCCOCCOCCN=C2C. The lowest BCUT2D eigenvalue weighted by Gasteiger charge is -2.08. The Morgan fingerprint density at radius 3 is 1.82 bits per heavy atom. The Labute approximate surface area is 132 Å². The molecule has 1 aromatic heterocycles. The van der Waals surface area contributed by atoms with E-state index in [1.54, 1.807) is 0 Å². The van der Waals surface area contributed by atoms with Gasteiger partial charge >= 0.3 is 0 Å².